The number of allylic oxidation sites excluding steroid dienone is 4. The average Bonchev–Trinajstić information content (AvgIpc) is 2.86. The number of alkyl halides is 1. The van der Waals surface area contributed by atoms with E-state index in [0.29, 0.717) is 22.6 Å². The Morgan fingerprint density at radius 1 is 1.00 bits per heavy atom. The summed E-state index contributed by atoms with van der Waals surface area (Å²) in [6.07, 6.45) is 22.3. The zero-order valence-corrected chi connectivity index (χ0v) is 16.7. The first-order valence-electron chi connectivity index (χ1n) is 9.96. The summed E-state index contributed by atoms with van der Waals surface area (Å²) in [7, 11) is 0. The minimum Gasteiger partial charge on any atom is -0.123 e. The second kappa shape index (κ2) is 11.3. The van der Waals surface area contributed by atoms with Gasteiger partial charge >= 0.3 is 0 Å². The van der Waals surface area contributed by atoms with Crippen LogP contribution in [0.15, 0.2) is 24.3 Å². The van der Waals surface area contributed by atoms with Gasteiger partial charge in [0.05, 0.1) is 0 Å². The Hall–Kier alpha value is -0.230. The van der Waals surface area contributed by atoms with Crippen molar-refractivity contribution < 1.29 is 0 Å². The molecule has 1 aliphatic rings. The van der Waals surface area contributed by atoms with Gasteiger partial charge in [0.25, 0.3) is 0 Å². The Morgan fingerprint density at radius 2 is 1.74 bits per heavy atom. The molecule has 0 nitrogen and oxygen atoms in total. The van der Waals surface area contributed by atoms with Gasteiger partial charge in [0.1, 0.15) is 0 Å². The van der Waals surface area contributed by atoms with Gasteiger partial charge in [-0.1, -0.05) is 77.7 Å². The van der Waals surface area contributed by atoms with Gasteiger partial charge in [0.15, 0.2) is 0 Å². The molecule has 0 radical (unpaired) electrons. The number of rotatable bonds is 11. The monoisotopic (exact) mass is 338 g/mol. The second-order valence-electron chi connectivity index (χ2n) is 8.17. The summed E-state index contributed by atoms with van der Waals surface area (Å²) in [5.41, 5.74) is 0.445. The average molecular weight is 339 g/mol. The van der Waals surface area contributed by atoms with E-state index < -0.39 is 0 Å². The molecule has 1 aliphatic carbocycles. The van der Waals surface area contributed by atoms with Gasteiger partial charge in [0.2, 0.25) is 0 Å². The number of hydrogen-bond donors (Lipinski definition) is 0. The van der Waals surface area contributed by atoms with E-state index in [4.69, 9.17) is 11.6 Å². The normalized spacial score (nSPS) is 25.9. The highest BCUT2D eigenvalue weighted by atomic mass is 35.5. The lowest BCUT2D eigenvalue weighted by molar-refractivity contribution is 0.327. The fourth-order valence-corrected chi connectivity index (χ4v) is 4.04. The topological polar surface area (TPSA) is 0 Å². The molecule has 1 rings (SSSR count). The summed E-state index contributed by atoms with van der Waals surface area (Å²) in [6, 6.07) is 0. The maximum atomic E-state index is 6.58. The van der Waals surface area contributed by atoms with Gasteiger partial charge in [-0.05, 0) is 55.8 Å². The van der Waals surface area contributed by atoms with Gasteiger partial charge in [-0.25, -0.2) is 0 Å². The SMILES string of the molecule is CCCC/C=C\CC1C(Cl)CCC1/C=C/CC(C)(C)CCCC. The molecule has 0 spiro atoms. The van der Waals surface area contributed by atoms with Gasteiger partial charge in [-0.3, -0.25) is 0 Å². The summed E-state index contributed by atoms with van der Waals surface area (Å²) >= 11 is 6.58. The van der Waals surface area contributed by atoms with E-state index >= 15 is 0 Å². The van der Waals surface area contributed by atoms with Crippen molar-refractivity contribution in [3.8, 4) is 0 Å². The van der Waals surface area contributed by atoms with E-state index in [-0.39, 0.29) is 0 Å². The molecule has 0 bridgehead atoms. The maximum absolute atomic E-state index is 6.58. The lowest BCUT2D eigenvalue weighted by atomic mass is 9.83. The minimum absolute atomic E-state index is 0.369. The smallest absolute Gasteiger partial charge is 0.0373 e. The van der Waals surface area contributed by atoms with Crippen LogP contribution in [0.25, 0.3) is 0 Å². The predicted molar refractivity (Wildman–Crippen MR) is 106 cm³/mol. The van der Waals surface area contributed by atoms with Crippen LogP contribution in [0.4, 0.5) is 0 Å². The third-order valence-electron chi connectivity index (χ3n) is 5.35. The summed E-state index contributed by atoms with van der Waals surface area (Å²) < 4.78 is 0. The van der Waals surface area contributed by atoms with Crippen LogP contribution >= 0.6 is 11.6 Å². The number of unbranched alkanes of at least 4 members (excludes halogenated alkanes) is 3. The minimum atomic E-state index is 0.369. The molecule has 134 valence electrons. The van der Waals surface area contributed by atoms with E-state index in [9.17, 15) is 0 Å². The summed E-state index contributed by atoms with van der Waals surface area (Å²) in [6.45, 7) is 9.34. The largest absolute Gasteiger partial charge is 0.123 e. The van der Waals surface area contributed by atoms with E-state index in [1.165, 1.54) is 57.8 Å². The Bertz CT molecular complexity index is 353. The van der Waals surface area contributed by atoms with Crippen molar-refractivity contribution >= 4 is 11.6 Å². The molecule has 23 heavy (non-hydrogen) atoms. The van der Waals surface area contributed by atoms with Crippen LogP contribution in [0.2, 0.25) is 0 Å². The maximum Gasteiger partial charge on any atom is 0.0373 e. The summed E-state index contributed by atoms with van der Waals surface area (Å²) in [5, 5.41) is 0.369. The van der Waals surface area contributed by atoms with E-state index in [2.05, 4.69) is 52.0 Å². The molecule has 0 aliphatic heterocycles. The van der Waals surface area contributed by atoms with E-state index in [1.54, 1.807) is 0 Å². The van der Waals surface area contributed by atoms with Crippen LogP contribution < -0.4 is 0 Å². The fraction of sp³-hybridized carbons (Fsp3) is 0.818. The van der Waals surface area contributed by atoms with Crippen molar-refractivity contribution in [3.05, 3.63) is 24.3 Å². The molecule has 0 aromatic carbocycles. The highest BCUT2D eigenvalue weighted by Crippen LogP contribution is 2.39. The zero-order chi connectivity index (χ0) is 17.1. The first-order valence-corrected chi connectivity index (χ1v) is 10.4. The Kier molecular flexibility index (Phi) is 10.3. The molecule has 0 heterocycles. The highest BCUT2D eigenvalue weighted by Gasteiger charge is 2.32. The second-order valence-corrected chi connectivity index (χ2v) is 8.73. The number of hydrogen-bond acceptors (Lipinski definition) is 0. The standard InChI is InChI=1S/C22H39Cl/c1-5-7-9-10-11-14-20-19(15-16-21(20)23)13-12-18-22(3,4)17-8-6-2/h10-13,19-21H,5-9,14-18H2,1-4H3/b11-10-,13-12+. The van der Waals surface area contributed by atoms with Crippen molar-refractivity contribution in [1.82, 2.24) is 0 Å². The predicted octanol–water partition coefficient (Wildman–Crippen LogP) is 7.92. The molecule has 0 saturated heterocycles. The molecule has 0 amide bonds. The Balaban J connectivity index is 2.44. The third-order valence-corrected chi connectivity index (χ3v) is 5.89. The van der Waals surface area contributed by atoms with Gasteiger partial charge < -0.3 is 0 Å². The molecule has 1 saturated carbocycles. The number of halogens is 1. The van der Waals surface area contributed by atoms with Crippen molar-refractivity contribution in [2.75, 3.05) is 0 Å². The summed E-state index contributed by atoms with van der Waals surface area (Å²) in [5.74, 6) is 1.33. The van der Waals surface area contributed by atoms with Crippen LogP contribution in [-0.4, -0.2) is 5.38 Å². The Morgan fingerprint density at radius 3 is 2.43 bits per heavy atom. The zero-order valence-electron chi connectivity index (χ0n) is 16.0. The fourth-order valence-electron chi connectivity index (χ4n) is 3.62. The van der Waals surface area contributed by atoms with Crippen LogP contribution in [0.3, 0.4) is 0 Å². The molecule has 0 N–H and O–H groups in total. The molecule has 0 aromatic heterocycles. The van der Waals surface area contributed by atoms with Crippen molar-refractivity contribution in [2.24, 2.45) is 17.3 Å². The van der Waals surface area contributed by atoms with Crippen LogP contribution in [-0.2, 0) is 0 Å². The Labute approximate surface area is 150 Å². The van der Waals surface area contributed by atoms with Gasteiger partial charge in [0, 0.05) is 5.38 Å². The van der Waals surface area contributed by atoms with Crippen molar-refractivity contribution in [2.45, 2.75) is 97.3 Å². The molecular weight excluding hydrogens is 300 g/mol. The molecule has 3 unspecified atom stereocenters. The molecule has 1 fully saturated rings. The lowest BCUT2D eigenvalue weighted by Gasteiger charge is -2.23. The van der Waals surface area contributed by atoms with Crippen molar-refractivity contribution in [1.29, 1.82) is 0 Å². The van der Waals surface area contributed by atoms with Crippen LogP contribution in [0, 0.1) is 17.3 Å². The highest BCUT2D eigenvalue weighted by molar-refractivity contribution is 6.21. The van der Waals surface area contributed by atoms with Crippen LogP contribution in [0.1, 0.15) is 91.9 Å². The molecule has 3 atom stereocenters. The van der Waals surface area contributed by atoms with Gasteiger partial charge in [-0.15, -0.1) is 11.6 Å². The summed E-state index contributed by atoms with van der Waals surface area (Å²) in [4.78, 5) is 0. The third kappa shape index (κ3) is 8.43. The van der Waals surface area contributed by atoms with E-state index in [0.717, 1.165) is 6.42 Å². The van der Waals surface area contributed by atoms with Crippen LogP contribution in [0.5, 0.6) is 0 Å². The quantitative estimate of drug-likeness (QED) is 0.204. The lowest BCUT2D eigenvalue weighted by Crippen LogP contribution is -2.13. The van der Waals surface area contributed by atoms with E-state index in [1.807, 2.05) is 0 Å². The molecular formula is C22H39Cl. The molecule has 1 heteroatoms. The molecule has 0 aromatic rings. The van der Waals surface area contributed by atoms with Gasteiger partial charge in [-0.2, -0.15) is 0 Å². The van der Waals surface area contributed by atoms with Crippen molar-refractivity contribution in [3.63, 3.8) is 0 Å². The first-order chi connectivity index (χ1) is 11.0. The first kappa shape index (κ1) is 20.8.